The first-order valence-electron chi connectivity index (χ1n) is 7.63. The van der Waals surface area contributed by atoms with Gasteiger partial charge in [0.15, 0.2) is 0 Å². The van der Waals surface area contributed by atoms with Crippen molar-refractivity contribution in [3.05, 3.63) is 0 Å². The molecule has 0 aromatic heterocycles. The predicted octanol–water partition coefficient (Wildman–Crippen LogP) is 1.30. The average molecular weight is 298 g/mol. The van der Waals surface area contributed by atoms with Crippen LogP contribution < -0.4 is 10.6 Å². The summed E-state index contributed by atoms with van der Waals surface area (Å²) in [4.78, 5) is 35.1. The van der Waals surface area contributed by atoms with E-state index in [4.69, 9.17) is 0 Å². The molecule has 0 bridgehead atoms. The molecule has 2 amide bonds. The first kappa shape index (κ1) is 17.5. The van der Waals surface area contributed by atoms with Crippen LogP contribution in [0.25, 0.3) is 0 Å². The van der Waals surface area contributed by atoms with E-state index < -0.39 is 17.4 Å². The summed E-state index contributed by atoms with van der Waals surface area (Å²) < 4.78 is 0. The number of carboxylic acid groups (broad SMARTS) is 1. The Morgan fingerprint density at radius 1 is 1.29 bits per heavy atom. The molecular formula is C15H26N2O4. The van der Waals surface area contributed by atoms with Crippen molar-refractivity contribution >= 4 is 17.8 Å². The van der Waals surface area contributed by atoms with E-state index in [2.05, 4.69) is 17.6 Å². The van der Waals surface area contributed by atoms with Crippen LogP contribution in [0.2, 0.25) is 0 Å². The summed E-state index contributed by atoms with van der Waals surface area (Å²) in [7, 11) is 0. The molecule has 0 radical (unpaired) electrons. The first-order chi connectivity index (χ1) is 9.80. The third-order valence-corrected chi connectivity index (χ3v) is 4.40. The zero-order valence-electron chi connectivity index (χ0n) is 13.1. The van der Waals surface area contributed by atoms with Gasteiger partial charge in [-0.25, -0.2) is 4.79 Å². The van der Waals surface area contributed by atoms with Crippen molar-refractivity contribution in [1.82, 2.24) is 10.6 Å². The minimum Gasteiger partial charge on any atom is -0.480 e. The van der Waals surface area contributed by atoms with Crippen LogP contribution in [0.5, 0.6) is 0 Å². The highest BCUT2D eigenvalue weighted by atomic mass is 16.4. The molecule has 120 valence electrons. The van der Waals surface area contributed by atoms with E-state index in [1.54, 1.807) is 6.92 Å². The van der Waals surface area contributed by atoms with Crippen LogP contribution in [0.1, 0.15) is 52.9 Å². The molecule has 1 saturated carbocycles. The minimum atomic E-state index is -1.18. The molecule has 0 unspecified atom stereocenters. The highest BCUT2D eigenvalue weighted by molar-refractivity contribution is 5.90. The van der Waals surface area contributed by atoms with Gasteiger partial charge in [0.05, 0.1) is 6.54 Å². The Bertz CT molecular complexity index is 400. The number of hydrogen-bond acceptors (Lipinski definition) is 3. The van der Waals surface area contributed by atoms with Gasteiger partial charge in [0.2, 0.25) is 11.8 Å². The highest BCUT2D eigenvalue weighted by Crippen LogP contribution is 2.32. The Hall–Kier alpha value is -1.59. The van der Waals surface area contributed by atoms with Gasteiger partial charge < -0.3 is 15.7 Å². The summed E-state index contributed by atoms with van der Waals surface area (Å²) in [5, 5.41) is 14.6. The third kappa shape index (κ3) is 4.72. The number of carbonyl (C=O) groups is 3. The number of nitrogens with one attached hydrogen (secondary N) is 2. The Morgan fingerprint density at radius 3 is 2.33 bits per heavy atom. The molecule has 1 aliphatic rings. The van der Waals surface area contributed by atoms with Gasteiger partial charge >= 0.3 is 5.97 Å². The topological polar surface area (TPSA) is 95.5 Å². The van der Waals surface area contributed by atoms with E-state index in [9.17, 15) is 19.5 Å². The minimum absolute atomic E-state index is 0.151. The maximum atomic E-state index is 11.9. The number of hydrogen-bond donors (Lipinski definition) is 3. The smallest absolute Gasteiger partial charge is 0.329 e. The molecule has 0 aliphatic heterocycles. The van der Waals surface area contributed by atoms with Crippen molar-refractivity contribution in [2.75, 3.05) is 6.54 Å². The lowest BCUT2D eigenvalue weighted by Crippen LogP contribution is -2.58. The Morgan fingerprint density at radius 2 is 1.86 bits per heavy atom. The van der Waals surface area contributed by atoms with Gasteiger partial charge in [-0.1, -0.05) is 20.8 Å². The molecule has 1 aliphatic carbocycles. The fourth-order valence-electron chi connectivity index (χ4n) is 2.49. The molecule has 0 heterocycles. The van der Waals surface area contributed by atoms with Gasteiger partial charge in [-0.3, -0.25) is 9.59 Å². The van der Waals surface area contributed by atoms with E-state index in [0.717, 1.165) is 12.8 Å². The molecule has 0 spiro atoms. The Kier molecular flexibility index (Phi) is 6.18. The fraction of sp³-hybridized carbons (Fsp3) is 0.800. The van der Waals surface area contributed by atoms with Gasteiger partial charge in [0.25, 0.3) is 0 Å². The summed E-state index contributed by atoms with van der Waals surface area (Å²) in [6.07, 6.45) is 3.14. The maximum absolute atomic E-state index is 11.9. The predicted molar refractivity (Wildman–Crippen MR) is 78.6 cm³/mol. The van der Waals surface area contributed by atoms with Crippen LogP contribution in [0.15, 0.2) is 0 Å². The number of carboxylic acids is 1. The second kappa shape index (κ2) is 7.43. The summed E-state index contributed by atoms with van der Waals surface area (Å²) in [6, 6.07) is 0. The van der Waals surface area contributed by atoms with Gasteiger partial charge in [-0.2, -0.15) is 0 Å². The highest BCUT2D eigenvalue weighted by Gasteiger charge is 2.42. The van der Waals surface area contributed by atoms with E-state index in [1.165, 1.54) is 0 Å². The lowest BCUT2D eigenvalue weighted by molar-refractivity contribution is -0.149. The molecule has 6 heteroatoms. The van der Waals surface area contributed by atoms with Gasteiger partial charge in [-0.05, 0) is 38.0 Å². The third-order valence-electron chi connectivity index (χ3n) is 4.40. The van der Waals surface area contributed by atoms with Crippen molar-refractivity contribution in [1.29, 1.82) is 0 Å². The largest absolute Gasteiger partial charge is 0.480 e. The van der Waals surface area contributed by atoms with Gasteiger partial charge in [0, 0.05) is 5.92 Å². The zero-order chi connectivity index (χ0) is 16.0. The van der Waals surface area contributed by atoms with Crippen LogP contribution in [-0.4, -0.2) is 35.0 Å². The van der Waals surface area contributed by atoms with Crippen LogP contribution in [0.4, 0.5) is 0 Å². The molecule has 1 fully saturated rings. The second-order valence-corrected chi connectivity index (χ2v) is 6.15. The molecule has 1 rings (SSSR count). The maximum Gasteiger partial charge on any atom is 0.329 e. The van der Waals surface area contributed by atoms with Crippen molar-refractivity contribution in [3.63, 3.8) is 0 Å². The van der Waals surface area contributed by atoms with Crippen molar-refractivity contribution in [3.8, 4) is 0 Å². The van der Waals surface area contributed by atoms with E-state index in [1.807, 2.05) is 6.92 Å². The Labute approximate surface area is 125 Å². The van der Waals surface area contributed by atoms with Crippen LogP contribution in [-0.2, 0) is 14.4 Å². The molecule has 0 aromatic rings. The molecule has 1 atom stereocenters. The monoisotopic (exact) mass is 298 g/mol. The number of rotatable bonds is 6. The summed E-state index contributed by atoms with van der Waals surface area (Å²) in [6.45, 7) is 5.59. The lowest BCUT2D eigenvalue weighted by Gasteiger charge is -2.36. The second-order valence-electron chi connectivity index (χ2n) is 6.15. The molecule has 0 aromatic carbocycles. The van der Waals surface area contributed by atoms with Crippen molar-refractivity contribution in [2.45, 2.75) is 58.4 Å². The molecule has 6 nitrogen and oxygen atoms in total. The first-order valence-corrected chi connectivity index (χ1v) is 7.63. The molecule has 0 saturated heterocycles. The lowest BCUT2D eigenvalue weighted by atomic mass is 9.77. The molecule has 3 N–H and O–H groups in total. The standard InChI is InChI=1S/C15H26N2O4/c1-4-11(3)13(19)16-9-12(18)17-15(14(20)21)7-5-10(2)6-8-15/h10-11H,4-9H2,1-3H3,(H,16,19)(H,17,18)(H,20,21)/t10?,11-,15?/m0/s1. The van der Waals surface area contributed by atoms with Gasteiger partial charge in [0.1, 0.15) is 5.54 Å². The normalized spacial score (nSPS) is 26.7. The van der Waals surface area contributed by atoms with Crippen LogP contribution in [0.3, 0.4) is 0 Å². The SMILES string of the molecule is CC[C@H](C)C(=O)NCC(=O)NC1(C(=O)O)CCC(C)CC1. The van der Waals surface area contributed by atoms with Crippen molar-refractivity contribution < 1.29 is 19.5 Å². The quantitative estimate of drug-likeness (QED) is 0.688. The fourth-order valence-corrected chi connectivity index (χ4v) is 2.49. The zero-order valence-corrected chi connectivity index (χ0v) is 13.1. The van der Waals surface area contributed by atoms with Crippen LogP contribution >= 0.6 is 0 Å². The van der Waals surface area contributed by atoms with E-state index in [0.29, 0.717) is 25.2 Å². The Balaban J connectivity index is 2.54. The van der Waals surface area contributed by atoms with Crippen molar-refractivity contribution in [2.24, 2.45) is 11.8 Å². The summed E-state index contributed by atoms with van der Waals surface area (Å²) in [5.74, 6) is -1.28. The van der Waals surface area contributed by atoms with Gasteiger partial charge in [-0.15, -0.1) is 0 Å². The molecular weight excluding hydrogens is 272 g/mol. The number of aliphatic carboxylic acids is 1. The average Bonchev–Trinajstić information content (AvgIpc) is 2.46. The number of carbonyl (C=O) groups excluding carboxylic acids is 2. The van der Waals surface area contributed by atoms with E-state index in [-0.39, 0.29) is 18.4 Å². The molecule has 21 heavy (non-hydrogen) atoms. The van der Waals surface area contributed by atoms with E-state index >= 15 is 0 Å². The van der Waals surface area contributed by atoms with Crippen LogP contribution in [0, 0.1) is 11.8 Å². The summed E-state index contributed by atoms with van der Waals surface area (Å²) in [5.41, 5.74) is -1.18. The number of amides is 2. The summed E-state index contributed by atoms with van der Waals surface area (Å²) >= 11 is 0.